The van der Waals surface area contributed by atoms with Gasteiger partial charge in [-0.3, -0.25) is 4.79 Å². The number of amides is 1. The van der Waals surface area contributed by atoms with Crippen molar-refractivity contribution in [3.05, 3.63) is 0 Å². The monoisotopic (exact) mass is 243 g/mol. The number of likely N-dealkylation sites (tertiary alicyclic amines) is 1. The standard InChI is InChI=1S/C13H22ClNO/c1-10(12-4-5-12)13(16)15-8-2-3-11(9-15)6-7-14/h10-12H,2-9H2,1H3. The van der Waals surface area contributed by atoms with Gasteiger partial charge in [-0.25, -0.2) is 0 Å². The summed E-state index contributed by atoms with van der Waals surface area (Å²) in [5.41, 5.74) is 0. The number of piperidine rings is 1. The molecule has 0 bridgehead atoms. The molecular weight excluding hydrogens is 222 g/mol. The number of alkyl halides is 1. The zero-order chi connectivity index (χ0) is 11.5. The van der Waals surface area contributed by atoms with Gasteiger partial charge in [-0.2, -0.15) is 0 Å². The van der Waals surface area contributed by atoms with Crippen LogP contribution < -0.4 is 0 Å². The van der Waals surface area contributed by atoms with E-state index in [4.69, 9.17) is 11.6 Å². The number of hydrogen-bond acceptors (Lipinski definition) is 1. The molecule has 0 aromatic carbocycles. The molecule has 0 N–H and O–H groups in total. The van der Waals surface area contributed by atoms with Crippen molar-refractivity contribution < 1.29 is 4.79 Å². The first kappa shape index (κ1) is 12.2. The smallest absolute Gasteiger partial charge is 0.225 e. The molecule has 0 aromatic heterocycles. The van der Waals surface area contributed by atoms with E-state index in [1.807, 2.05) is 0 Å². The lowest BCUT2D eigenvalue weighted by molar-refractivity contribution is -0.137. The van der Waals surface area contributed by atoms with E-state index in [-0.39, 0.29) is 5.92 Å². The van der Waals surface area contributed by atoms with Crippen LogP contribution in [0, 0.1) is 17.8 Å². The van der Waals surface area contributed by atoms with Gasteiger partial charge in [0.2, 0.25) is 5.91 Å². The van der Waals surface area contributed by atoms with Gasteiger partial charge in [0.25, 0.3) is 0 Å². The molecule has 2 unspecified atom stereocenters. The highest BCUT2D eigenvalue weighted by atomic mass is 35.5. The van der Waals surface area contributed by atoms with Crippen molar-refractivity contribution in [2.75, 3.05) is 19.0 Å². The Bertz CT molecular complexity index is 250. The molecule has 2 atom stereocenters. The lowest BCUT2D eigenvalue weighted by Crippen LogP contribution is -2.43. The lowest BCUT2D eigenvalue weighted by atomic mass is 9.94. The minimum Gasteiger partial charge on any atom is -0.342 e. The first-order chi connectivity index (χ1) is 7.72. The van der Waals surface area contributed by atoms with Crippen LogP contribution >= 0.6 is 11.6 Å². The normalized spacial score (nSPS) is 27.9. The molecular formula is C13H22ClNO. The molecule has 1 saturated carbocycles. The fourth-order valence-electron chi connectivity index (χ4n) is 2.74. The summed E-state index contributed by atoms with van der Waals surface area (Å²) in [7, 11) is 0. The van der Waals surface area contributed by atoms with Crippen LogP contribution in [0.25, 0.3) is 0 Å². The van der Waals surface area contributed by atoms with E-state index >= 15 is 0 Å². The van der Waals surface area contributed by atoms with Gasteiger partial charge >= 0.3 is 0 Å². The number of carbonyl (C=O) groups is 1. The van der Waals surface area contributed by atoms with Crippen LogP contribution in [0.2, 0.25) is 0 Å². The number of nitrogens with zero attached hydrogens (tertiary/aromatic N) is 1. The van der Waals surface area contributed by atoms with Gasteiger partial charge < -0.3 is 4.90 Å². The summed E-state index contributed by atoms with van der Waals surface area (Å²) in [5, 5.41) is 0. The molecule has 1 aliphatic carbocycles. The summed E-state index contributed by atoms with van der Waals surface area (Å²) in [6, 6.07) is 0. The van der Waals surface area contributed by atoms with Crippen molar-refractivity contribution in [2.24, 2.45) is 17.8 Å². The molecule has 16 heavy (non-hydrogen) atoms. The first-order valence-electron chi connectivity index (χ1n) is 6.57. The summed E-state index contributed by atoms with van der Waals surface area (Å²) in [6.45, 7) is 4.02. The molecule has 3 heteroatoms. The topological polar surface area (TPSA) is 20.3 Å². The highest BCUT2D eigenvalue weighted by molar-refractivity contribution is 6.17. The van der Waals surface area contributed by atoms with Crippen LogP contribution in [0.15, 0.2) is 0 Å². The third kappa shape index (κ3) is 2.91. The molecule has 0 spiro atoms. The summed E-state index contributed by atoms with van der Waals surface area (Å²) < 4.78 is 0. The predicted octanol–water partition coefficient (Wildman–Crippen LogP) is 2.90. The Labute approximate surface area is 103 Å². The van der Waals surface area contributed by atoms with E-state index in [0.29, 0.717) is 17.7 Å². The van der Waals surface area contributed by atoms with E-state index in [1.54, 1.807) is 0 Å². The molecule has 2 aliphatic rings. The molecule has 2 fully saturated rings. The fraction of sp³-hybridized carbons (Fsp3) is 0.923. The largest absolute Gasteiger partial charge is 0.342 e. The van der Waals surface area contributed by atoms with Crippen LogP contribution in [0.1, 0.15) is 39.0 Å². The van der Waals surface area contributed by atoms with Gasteiger partial charge in [0.05, 0.1) is 0 Å². The Morgan fingerprint density at radius 2 is 2.19 bits per heavy atom. The van der Waals surface area contributed by atoms with Gasteiger partial charge in [-0.05, 0) is 43.9 Å². The molecule has 2 nitrogen and oxygen atoms in total. The first-order valence-corrected chi connectivity index (χ1v) is 7.10. The molecule has 1 heterocycles. The summed E-state index contributed by atoms with van der Waals surface area (Å²) in [6.07, 6.45) is 5.97. The van der Waals surface area contributed by atoms with E-state index in [1.165, 1.54) is 19.3 Å². The summed E-state index contributed by atoms with van der Waals surface area (Å²) in [5.74, 6) is 2.70. The second kappa shape index (κ2) is 5.39. The molecule has 1 saturated heterocycles. The van der Waals surface area contributed by atoms with Crippen molar-refractivity contribution in [3.8, 4) is 0 Å². The van der Waals surface area contributed by atoms with Gasteiger partial charge in [0, 0.05) is 24.9 Å². The van der Waals surface area contributed by atoms with Crippen molar-refractivity contribution in [1.29, 1.82) is 0 Å². The van der Waals surface area contributed by atoms with E-state index in [0.717, 1.165) is 31.8 Å². The third-order valence-corrected chi connectivity index (χ3v) is 4.28. The van der Waals surface area contributed by atoms with E-state index in [2.05, 4.69) is 11.8 Å². The minimum atomic E-state index is 0.259. The van der Waals surface area contributed by atoms with Crippen LogP contribution in [-0.2, 0) is 4.79 Å². The summed E-state index contributed by atoms with van der Waals surface area (Å²) >= 11 is 5.78. The maximum atomic E-state index is 12.2. The molecule has 0 aromatic rings. The zero-order valence-corrected chi connectivity index (χ0v) is 10.9. The predicted molar refractivity (Wildman–Crippen MR) is 66.5 cm³/mol. The number of halogens is 1. The van der Waals surface area contributed by atoms with Gasteiger partial charge in [-0.1, -0.05) is 6.92 Å². The average molecular weight is 244 g/mol. The maximum Gasteiger partial charge on any atom is 0.225 e. The second-order valence-corrected chi connectivity index (χ2v) is 5.77. The Balaban J connectivity index is 1.85. The van der Waals surface area contributed by atoms with Gasteiger partial charge in [0.15, 0.2) is 0 Å². The SMILES string of the molecule is CC(C(=O)N1CCCC(CCCl)C1)C1CC1. The highest BCUT2D eigenvalue weighted by Crippen LogP contribution is 2.38. The van der Waals surface area contributed by atoms with Crippen LogP contribution in [0.4, 0.5) is 0 Å². The quantitative estimate of drug-likeness (QED) is 0.696. The Morgan fingerprint density at radius 3 is 2.81 bits per heavy atom. The number of rotatable bonds is 4. The lowest BCUT2D eigenvalue weighted by Gasteiger charge is -2.34. The second-order valence-electron chi connectivity index (χ2n) is 5.40. The number of hydrogen-bond donors (Lipinski definition) is 0. The van der Waals surface area contributed by atoms with Crippen LogP contribution in [0.3, 0.4) is 0 Å². The van der Waals surface area contributed by atoms with Gasteiger partial charge in [-0.15, -0.1) is 11.6 Å². The fourth-order valence-corrected chi connectivity index (χ4v) is 3.05. The van der Waals surface area contributed by atoms with Crippen molar-refractivity contribution in [3.63, 3.8) is 0 Å². The summed E-state index contributed by atoms with van der Waals surface area (Å²) in [4.78, 5) is 14.3. The average Bonchev–Trinajstić information content (AvgIpc) is 3.12. The molecule has 1 amide bonds. The maximum absolute atomic E-state index is 12.2. The highest BCUT2D eigenvalue weighted by Gasteiger charge is 2.36. The minimum absolute atomic E-state index is 0.259. The molecule has 92 valence electrons. The molecule has 0 radical (unpaired) electrons. The van der Waals surface area contributed by atoms with Crippen molar-refractivity contribution in [1.82, 2.24) is 4.90 Å². The number of carbonyl (C=O) groups excluding carboxylic acids is 1. The third-order valence-electron chi connectivity index (χ3n) is 4.07. The van der Waals surface area contributed by atoms with Crippen LogP contribution in [0.5, 0.6) is 0 Å². The Kier molecular flexibility index (Phi) is 4.12. The molecule has 1 aliphatic heterocycles. The van der Waals surface area contributed by atoms with Crippen molar-refractivity contribution in [2.45, 2.75) is 39.0 Å². The zero-order valence-electron chi connectivity index (χ0n) is 10.1. The Morgan fingerprint density at radius 1 is 1.44 bits per heavy atom. The van der Waals surface area contributed by atoms with E-state index < -0.39 is 0 Å². The Hall–Kier alpha value is -0.240. The van der Waals surface area contributed by atoms with Gasteiger partial charge in [0.1, 0.15) is 0 Å². The molecule has 2 rings (SSSR count). The van der Waals surface area contributed by atoms with E-state index in [9.17, 15) is 4.79 Å². The van der Waals surface area contributed by atoms with Crippen LogP contribution in [-0.4, -0.2) is 29.8 Å². The van der Waals surface area contributed by atoms with Crippen molar-refractivity contribution >= 4 is 17.5 Å².